The number of furan rings is 1. The first kappa shape index (κ1) is 15.7. The molecule has 2 aromatic rings. The maximum absolute atomic E-state index is 12.7. The van der Waals surface area contributed by atoms with Crippen LogP contribution < -0.4 is 10.6 Å². The lowest BCUT2D eigenvalue weighted by atomic mass is 10.2. The molecule has 0 bridgehead atoms. The van der Waals surface area contributed by atoms with Crippen molar-refractivity contribution >= 4 is 17.5 Å². The third kappa shape index (κ3) is 4.16. The molecule has 0 radical (unpaired) electrons. The van der Waals surface area contributed by atoms with E-state index < -0.39 is 23.7 Å². The summed E-state index contributed by atoms with van der Waals surface area (Å²) in [6, 6.07) is 8.27. The highest BCUT2D eigenvalue weighted by Gasteiger charge is 2.17. The number of anilines is 1. The molecule has 1 unspecified atom stereocenters. The first-order valence-electron chi connectivity index (χ1n) is 6.55. The second kappa shape index (κ2) is 6.86. The Bertz CT molecular complexity index is 666. The molecule has 0 spiro atoms. The Morgan fingerprint density at radius 2 is 1.86 bits per heavy atom. The zero-order valence-electron chi connectivity index (χ0n) is 11.8. The van der Waals surface area contributed by atoms with E-state index in [4.69, 9.17) is 4.42 Å². The van der Waals surface area contributed by atoms with Crippen LogP contribution in [0.3, 0.4) is 0 Å². The summed E-state index contributed by atoms with van der Waals surface area (Å²) in [6.07, 6.45) is -1.05. The Hall–Kier alpha value is -2.67. The fraction of sp³-hybridized carbons (Fsp3) is 0.200. The van der Waals surface area contributed by atoms with Crippen LogP contribution in [0.5, 0.6) is 0 Å². The van der Waals surface area contributed by atoms with Crippen molar-refractivity contribution in [3.63, 3.8) is 0 Å². The summed E-state index contributed by atoms with van der Waals surface area (Å²) in [5, 5.41) is 14.4. The Kier molecular flexibility index (Phi) is 4.90. The molecule has 0 aliphatic carbocycles. The van der Waals surface area contributed by atoms with Gasteiger partial charge in [-0.15, -0.1) is 0 Å². The zero-order chi connectivity index (χ0) is 16.1. The summed E-state index contributed by atoms with van der Waals surface area (Å²) in [7, 11) is 0. The van der Waals surface area contributed by atoms with E-state index in [-0.39, 0.29) is 6.54 Å². The molecule has 0 saturated heterocycles. The van der Waals surface area contributed by atoms with Crippen LogP contribution in [0.15, 0.2) is 40.8 Å². The second-order valence-electron chi connectivity index (χ2n) is 4.64. The number of nitrogens with one attached hydrogen (secondary N) is 2. The molecule has 1 heterocycles. The van der Waals surface area contributed by atoms with Gasteiger partial charge in [0.1, 0.15) is 23.4 Å². The Morgan fingerprint density at radius 3 is 2.45 bits per heavy atom. The van der Waals surface area contributed by atoms with Gasteiger partial charge >= 0.3 is 11.8 Å². The topological polar surface area (TPSA) is 91.6 Å². The molecular weight excluding hydrogens is 291 g/mol. The number of benzene rings is 1. The summed E-state index contributed by atoms with van der Waals surface area (Å²) in [6.45, 7) is 1.56. The number of amides is 2. The number of carbonyl (C=O) groups excluding carboxylic acids is 2. The molecule has 0 fully saturated rings. The van der Waals surface area contributed by atoms with Gasteiger partial charge in [0.25, 0.3) is 0 Å². The molecule has 7 heteroatoms. The quantitative estimate of drug-likeness (QED) is 0.747. The van der Waals surface area contributed by atoms with Crippen molar-refractivity contribution < 1.29 is 23.5 Å². The number of halogens is 1. The van der Waals surface area contributed by atoms with E-state index in [9.17, 15) is 19.1 Å². The van der Waals surface area contributed by atoms with E-state index in [1.165, 1.54) is 12.1 Å². The van der Waals surface area contributed by atoms with Crippen molar-refractivity contribution in [1.29, 1.82) is 0 Å². The van der Waals surface area contributed by atoms with Gasteiger partial charge in [0.05, 0.1) is 6.54 Å². The van der Waals surface area contributed by atoms with Gasteiger partial charge in [-0.25, -0.2) is 4.39 Å². The van der Waals surface area contributed by atoms with Crippen LogP contribution in [0.4, 0.5) is 10.1 Å². The molecule has 22 heavy (non-hydrogen) atoms. The summed E-state index contributed by atoms with van der Waals surface area (Å²) in [5.41, 5.74) is 0.295. The van der Waals surface area contributed by atoms with Gasteiger partial charge in [-0.1, -0.05) is 0 Å². The highest BCUT2D eigenvalue weighted by atomic mass is 19.1. The first-order chi connectivity index (χ1) is 10.5. The first-order valence-corrected chi connectivity index (χ1v) is 6.55. The van der Waals surface area contributed by atoms with Crippen molar-refractivity contribution in [1.82, 2.24) is 5.32 Å². The normalized spacial score (nSPS) is 11.8. The molecule has 1 aromatic carbocycles. The monoisotopic (exact) mass is 306 g/mol. The summed E-state index contributed by atoms with van der Waals surface area (Å²) < 4.78 is 17.9. The number of rotatable bonds is 4. The molecule has 0 aliphatic heterocycles. The van der Waals surface area contributed by atoms with Gasteiger partial charge in [-0.3, -0.25) is 9.59 Å². The summed E-state index contributed by atoms with van der Waals surface area (Å²) in [4.78, 5) is 23.2. The van der Waals surface area contributed by atoms with Crippen LogP contribution in [0.1, 0.15) is 17.6 Å². The Morgan fingerprint density at radius 1 is 1.18 bits per heavy atom. The smallest absolute Gasteiger partial charge is 0.313 e. The average molecular weight is 306 g/mol. The molecular formula is C15H15FN2O4. The van der Waals surface area contributed by atoms with Gasteiger partial charge < -0.3 is 20.2 Å². The van der Waals surface area contributed by atoms with Gasteiger partial charge in [0.2, 0.25) is 0 Å². The number of hydrogen-bond donors (Lipinski definition) is 3. The van der Waals surface area contributed by atoms with Gasteiger partial charge in [0, 0.05) is 5.69 Å². The number of hydrogen-bond acceptors (Lipinski definition) is 4. The van der Waals surface area contributed by atoms with E-state index in [2.05, 4.69) is 10.6 Å². The highest BCUT2D eigenvalue weighted by Crippen LogP contribution is 2.15. The van der Waals surface area contributed by atoms with Gasteiger partial charge in [-0.2, -0.15) is 0 Å². The zero-order valence-corrected chi connectivity index (χ0v) is 11.8. The maximum Gasteiger partial charge on any atom is 0.313 e. The number of aliphatic hydroxyl groups is 1. The average Bonchev–Trinajstić information content (AvgIpc) is 2.93. The second-order valence-corrected chi connectivity index (χ2v) is 4.64. The lowest BCUT2D eigenvalue weighted by Crippen LogP contribution is -2.37. The number of carbonyl (C=O) groups is 2. The molecule has 1 aromatic heterocycles. The molecule has 6 nitrogen and oxygen atoms in total. The van der Waals surface area contributed by atoms with Crippen LogP contribution in [0.2, 0.25) is 0 Å². The van der Waals surface area contributed by atoms with Crippen LogP contribution >= 0.6 is 0 Å². The fourth-order valence-corrected chi connectivity index (χ4v) is 1.72. The predicted octanol–water partition coefficient (Wildman–Crippen LogP) is 1.52. The minimum atomic E-state index is -1.05. The standard InChI is InChI=1S/C15H15FN2O4/c1-9-2-7-13(22-9)12(19)8-17-14(20)15(21)18-11-5-3-10(16)4-6-11/h2-7,12,19H,8H2,1H3,(H,17,20)(H,18,21). The molecule has 2 amide bonds. The lowest BCUT2D eigenvalue weighted by molar-refractivity contribution is -0.136. The third-order valence-electron chi connectivity index (χ3n) is 2.85. The lowest BCUT2D eigenvalue weighted by Gasteiger charge is -2.10. The Labute approximate surface area is 125 Å². The van der Waals surface area contributed by atoms with E-state index >= 15 is 0 Å². The Balaban J connectivity index is 1.83. The van der Waals surface area contributed by atoms with Crippen LogP contribution in [0.25, 0.3) is 0 Å². The molecule has 3 N–H and O–H groups in total. The minimum absolute atomic E-state index is 0.164. The molecule has 2 rings (SSSR count). The van der Waals surface area contributed by atoms with Crippen LogP contribution in [-0.4, -0.2) is 23.5 Å². The molecule has 1 atom stereocenters. The maximum atomic E-state index is 12.7. The van der Waals surface area contributed by atoms with Crippen molar-refractivity contribution in [2.24, 2.45) is 0 Å². The van der Waals surface area contributed by atoms with E-state index in [0.29, 0.717) is 17.2 Å². The van der Waals surface area contributed by atoms with Crippen molar-refractivity contribution in [3.8, 4) is 0 Å². The fourth-order valence-electron chi connectivity index (χ4n) is 1.72. The SMILES string of the molecule is Cc1ccc(C(O)CNC(=O)C(=O)Nc2ccc(F)cc2)o1. The van der Waals surface area contributed by atoms with E-state index in [1.54, 1.807) is 19.1 Å². The van der Waals surface area contributed by atoms with Gasteiger partial charge in [0.15, 0.2) is 0 Å². The number of aryl methyl sites for hydroxylation is 1. The molecule has 0 saturated carbocycles. The van der Waals surface area contributed by atoms with E-state index in [1.807, 2.05) is 0 Å². The largest absolute Gasteiger partial charge is 0.464 e. The summed E-state index contributed by atoms with van der Waals surface area (Å²) >= 11 is 0. The summed E-state index contributed by atoms with van der Waals surface area (Å²) in [5.74, 6) is -1.33. The van der Waals surface area contributed by atoms with E-state index in [0.717, 1.165) is 12.1 Å². The third-order valence-corrected chi connectivity index (χ3v) is 2.85. The molecule has 116 valence electrons. The predicted molar refractivity (Wildman–Crippen MR) is 76.4 cm³/mol. The van der Waals surface area contributed by atoms with Gasteiger partial charge in [-0.05, 0) is 43.3 Å². The van der Waals surface area contributed by atoms with Crippen LogP contribution in [-0.2, 0) is 9.59 Å². The van der Waals surface area contributed by atoms with Crippen molar-refractivity contribution in [3.05, 3.63) is 53.7 Å². The number of aliphatic hydroxyl groups excluding tert-OH is 1. The molecule has 0 aliphatic rings. The van der Waals surface area contributed by atoms with Crippen LogP contribution in [0, 0.1) is 12.7 Å². The highest BCUT2D eigenvalue weighted by molar-refractivity contribution is 6.39. The van der Waals surface area contributed by atoms with Crippen molar-refractivity contribution in [2.75, 3.05) is 11.9 Å². The van der Waals surface area contributed by atoms with Crippen molar-refractivity contribution in [2.45, 2.75) is 13.0 Å². The minimum Gasteiger partial charge on any atom is -0.464 e.